The lowest BCUT2D eigenvalue weighted by Gasteiger charge is -2.28. The van der Waals surface area contributed by atoms with E-state index >= 15 is 0 Å². The summed E-state index contributed by atoms with van der Waals surface area (Å²) in [6, 6.07) is 16.4. The van der Waals surface area contributed by atoms with Crippen molar-refractivity contribution in [3.63, 3.8) is 0 Å². The number of benzene rings is 2. The van der Waals surface area contributed by atoms with Crippen LogP contribution in [0.4, 0.5) is 4.39 Å². The highest BCUT2D eigenvalue weighted by molar-refractivity contribution is 6.00. The van der Waals surface area contributed by atoms with E-state index in [1.54, 1.807) is 30.5 Å². The minimum Gasteiger partial charge on any atom is -0.334 e. The molecule has 5 nitrogen and oxygen atoms in total. The van der Waals surface area contributed by atoms with E-state index in [0.29, 0.717) is 35.6 Å². The normalized spacial score (nSPS) is 13.5. The van der Waals surface area contributed by atoms with Crippen LogP contribution in [0.2, 0.25) is 0 Å². The SMILES string of the molecule is O=C(c1cnn2c(-c3ccccc3F)ccnc12)N1CCc2ccccc2C1. The summed E-state index contributed by atoms with van der Waals surface area (Å²) in [6.45, 7) is 1.22. The Kier molecular flexibility index (Phi) is 3.90. The van der Waals surface area contributed by atoms with E-state index in [0.717, 1.165) is 6.42 Å². The quantitative estimate of drug-likeness (QED) is 0.539. The molecule has 28 heavy (non-hydrogen) atoms. The average Bonchev–Trinajstić information content (AvgIpc) is 3.17. The number of aromatic nitrogens is 3. The van der Waals surface area contributed by atoms with Gasteiger partial charge in [-0.1, -0.05) is 36.4 Å². The highest BCUT2D eigenvalue weighted by Gasteiger charge is 2.25. The molecule has 1 aliphatic heterocycles. The molecule has 5 rings (SSSR count). The van der Waals surface area contributed by atoms with Crippen molar-refractivity contribution in [2.75, 3.05) is 6.54 Å². The van der Waals surface area contributed by atoms with Crippen molar-refractivity contribution in [2.45, 2.75) is 13.0 Å². The molecular weight excluding hydrogens is 355 g/mol. The van der Waals surface area contributed by atoms with Gasteiger partial charge in [-0.2, -0.15) is 5.10 Å². The number of halogens is 1. The van der Waals surface area contributed by atoms with E-state index in [2.05, 4.69) is 22.2 Å². The van der Waals surface area contributed by atoms with Crippen LogP contribution in [0.15, 0.2) is 67.0 Å². The molecule has 0 bridgehead atoms. The van der Waals surface area contributed by atoms with Gasteiger partial charge in [0.05, 0.1) is 11.9 Å². The first-order chi connectivity index (χ1) is 13.7. The van der Waals surface area contributed by atoms with Crippen LogP contribution in [0.25, 0.3) is 16.9 Å². The topological polar surface area (TPSA) is 50.5 Å². The van der Waals surface area contributed by atoms with Crippen LogP contribution < -0.4 is 0 Å². The Morgan fingerprint density at radius 2 is 1.79 bits per heavy atom. The second-order valence-corrected chi connectivity index (χ2v) is 6.85. The van der Waals surface area contributed by atoms with Gasteiger partial charge in [0.2, 0.25) is 0 Å². The lowest BCUT2D eigenvalue weighted by molar-refractivity contribution is 0.0736. The minimum absolute atomic E-state index is 0.109. The fourth-order valence-electron chi connectivity index (χ4n) is 3.75. The van der Waals surface area contributed by atoms with Gasteiger partial charge in [0.25, 0.3) is 5.91 Å². The summed E-state index contributed by atoms with van der Waals surface area (Å²) in [5.41, 5.74) is 4.29. The molecule has 0 saturated heterocycles. The first-order valence-corrected chi connectivity index (χ1v) is 9.16. The van der Waals surface area contributed by atoms with Gasteiger partial charge < -0.3 is 4.90 Å². The predicted octanol–water partition coefficient (Wildman–Crippen LogP) is 3.73. The fourth-order valence-corrected chi connectivity index (χ4v) is 3.75. The van der Waals surface area contributed by atoms with E-state index in [-0.39, 0.29) is 11.7 Å². The molecule has 0 N–H and O–H groups in total. The summed E-state index contributed by atoms with van der Waals surface area (Å²) in [5.74, 6) is -0.450. The minimum atomic E-state index is -0.342. The molecule has 0 unspecified atom stereocenters. The van der Waals surface area contributed by atoms with E-state index < -0.39 is 0 Å². The Morgan fingerprint density at radius 1 is 1.00 bits per heavy atom. The molecule has 0 aliphatic carbocycles. The van der Waals surface area contributed by atoms with Gasteiger partial charge in [0.15, 0.2) is 5.65 Å². The Hall–Kier alpha value is -3.54. The molecule has 138 valence electrons. The smallest absolute Gasteiger partial charge is 0.259 e. The van der Waals surface area contributed by atoms with E-state index in [9.17, 15) is 9.18 Å². The van der Waals surface area contributed by atoms with Crippen molar-refractivity contribution in [1.82, 2.24) is 19.5 Å². The van der Waals surface area contributed by atoms with Gasteiger partial charge in [0, 0.05) is 24.8 Å². The molecule has 2 aromatic carbocycles. The number of hydrogen-bond acceptors (Lipinski definition) is 3. The van der Waals surface area contributed by atoms with Crippen molar-refractivity contribution in [2.24, 2.45) is 0 Å². The second kappa shape index (κ2) is 6.56. The Labute approximate surface area is 161 Å². The van der Waals surface area contributed by atoms with Crippen LogP contribution in [0.5, 0.6) is 0 Å². The zero-order valence-corrected chi connectivity index (χ0v) is 15.0. The largest absolute Gasteiger partial charge is 0.334 e. The number of carbonyl (C=O) groups is 1. The summed E-state index contributed by atoms with van der Waals surface area (Å²) in [5, 5.41) is 4.34. The Bertz CT molecular complexity index is 1200. The Balaban J connectivity index is 1.53. The van der Waals surface area contributed by atoms with E-state index in [4.69, 9.17) is 0 Å². The maximum Gasteiger partial charge on any atom is 0.259 e. The summed E-state index contributed by atoms with van der Waals surface area (Å²) >= 11 is 0. The first-order valence-electron chi connectivity index (χ1n) is 9.16. The number of amides is 1. The molecule has 2 aromatic heterocycles. The molecule has 4 aromatic rings. The van der Waals surface area contributed by atoms with Crippen molar-refractivity contribution < 1.29 is 9.18 Å². The highest BCUT2D eigenvalue weighted by Crippen LogP contribution is 2.25. The summed E-state index contributed by atoms with van der Waals surface area (Å²) in [7, 11) is 0. The molecule has 1 amide bonds. The molecule has 6 heteroatoms. The van der Waals surface area contributed by atoms with Crippen LogP contribution >= 0.6 is 0 Å². The summed E-state index contributed by atoms with van der Waals surface area (Å²) in [6.07, 6.45) is 3.94. The van der Waals surface area contributed by atoms with Gasteiger partial charge in [0.1, 0.15) is 11.4 Å². The zero-order valence-electron chi connectivity index (χ0n) is 15.0. The van der Waals surface area contributed by atoms with Gasteiger partial charge in [-0.25, -0.2) is 13.9 Å². The van der Waals surface area contributed by atoms with Gasteiger partial charge >= 0.3 is 0 Å². The summed E-state index contributed by atoms with van der Waals surface area (Å²) < 4.78 is 15.8. The molecular formula is C22H17FN4O. The number of nitrogens with zero attached hydrogens (tertiary/aromatic N) is 4. The van der Waals surface area contributed by atoms with Gasteiger partial charge in [-0.15, -0.1) is 0 Å². The third kappa shape index (κ3) is 2.65. The first kappa shape index (κ1) is 16.6. The number of hydrogen-bond donors (Lipinski definition) is 0. The number of rotatable bonds is 2. The lowest BCUT2D eigenvalue weighted by Crippen LogP contribution is -2.35. The maximum absolute atomic E-state index is 14.3. The predicted molar refractivity (Wildman–Crippen MR) is 103 cm³/mol. The third-order valence-electron chi connectivity index (χ3n) is 5.20. The zero-order chi connectivity index (χ0) is 19.1. The molecule has 0 atom stereocenters. The van der Waals surface area contributed by atoms with Crippen LogP contribution in [0.3, 0.4) is 0 Å². The molecule has 0 spiro atoms. The second-order valence-electron chi connectivity index (χ2n) is 6.85. The van der Waals surface area contributed by atoms with Crippen LogP contribution in [0, 0.1) is 5.82 Å². The van der Waals surface area contributed by atoms with Crippen LogP contribution in [-0.2, 0) is 13.0 Å². The van der Waals surface area contributed by atoms with Crippen molar-refractivity contribution in [3.05, 3.63) is 89.5 Å². The molecule has 1 aliphatic rings. The molecule has 0 fully saturated rings. The molecule has 3 heterocycles. The average molecular weight is 372 g/mol. The summed E-state index contributed by atoms with van der Waals surface area (Å²) in [4.78, 5) is 19.3. The fraction of sp³-hybridized carbons (Fsp3) is 0.136. The Morgan fingerprint density at radius 3 is 2.64 bits per heavy atom. The van der Waals surface area contributed by atoms with Crippen LogP contribution in [-0.4, -0.2) is 31.9 Å². The van der Waals surface area contributed by atoms with E-state index in [1.807, 2.05) is 17.0 Å². The van der Waals surface area contributed by atoms with Crippen molar-refractivity contribution >= 4 is 11.6 Å². The lowest BCUT2D eigenvalue weighted by atomic mass is 9.99. The molecule has 0 saturated carbocycles. The highest BCUT2D eigenvalue weighted by atomic mass is 19.1. The monoisotopic (exact) mass is 372 g/mol. The third-order valence-corrected chi connectivity index (χ3v) is 5.20. The van der Waals surface area contributed by atoms with Crippen molar-refractivity contribution in [3.8, 4) is 11.3 Å². The van der Waals surface area contributed by atoms with Crippen molar-refractivity contribution in [1.29, 1.82) is 0 Å². The van der Waals surface area contributed by atoms with Gasteiger partial charge in [-0.3, -0.25) is 4.79 Å². The number of fused-ring (bicyclic) bond motifs is 2. The maximum atomic E-state index is 14.3. The van der Waals surface area contributed by atoms with E-state index in [1.165, 1.54) is 27.9 Å². The molecule has 0 radical (unpaired) electrons. The number of carbonyl (C=O) groups excluding carboxylic acids is 1. The standard InChI is InChI=1S/C22H17FN4O/c23-19-8-4-3-7-17(19)20-9-11-24-21-18(13-25-27(20)21)22(28)26-12-10-15-5-1-2-6-16(15)14-26/h1-9,11,13H,10,12,14H2. The van der Waals surface area contributed by atoms with Gasteiger partial charge in [-0.05, 0) is 35.7 Å². The van der Waals surface area contributed by atoms with Crippen LogP contribution in [0.1, 0.15) is 21.5 Å².